The minimum atomic E-state index is -1.52. The third-order valence-electron chi connectivity index (χ3n) is 10.4. The molecular formula is C27H42O9. The van der Waals surface area contributed by atoms with Crippen molar-refractivity contribution in [3.05, 3.63) is 12.7 Å². The molecule has 3 aliphatic carbocycles. The van der Waals surface area contributed by atoms with Crippen LogP contribution < -0.4 is 0 Å². The molecule has 204 valence electrons. The van der Waals surface area contributed by atoms with E-state index in [1.807, 2.05) is 6.92 Å². The fraction of sp³-hybridized carbons (Fsp3) is 0.852. The molecule has 9 heteroatoms. The van der Waals surface area contributed by atoms with E-state index < -0.39 is 60.2 Å². The number of hydrogen-bond donors (Lipinski definition) is 4. The number of ether oxygens (including phenoxy) is 3. The zero-order chi connectivity index (χ0) is 26.6. The summed E-state index contributed by atoms with van der Waals surface area (Å²) in [7, 11) is 0. The van der Waals surface area contributed by atoms with E-state index >= 15 is 0 Å². The van der Waals surface area contributed by atoms with E-state index in [-0.39, 0.29) is 35.6 Å². The number of aliphatic hydroxyl groups excluding tert-OH is 4. The van der Waals surface area contributed by atoms with Crippen LogP contribution in [-0.4, -0.2) is 82.2 Å². The van der Waals surface area contributed by atoms with Crippen molar-refractivity contribution < 1.29 is 44.2 Å². The Hall–Kier alpha value is -1.36. The third-order valence-corrected chi connectivity index (χ3v) is 10.4. The summed E-state index contributed by atoms with van der Waals surface area (Å²) in [6.07, 6.45) is -1.99. The predicted octanol–water partition coefficient (Wildman–Crippen LogP) is 1.35. The number of carbonyl (C=O) groups excluding carboxylic acids is 2. The summed E-state index contributed by atoms with van der Waals surface area (Å²) < 4.78 is 16.7. The zero-order valence-electron chi connectivity index (χ0n) is 21.8. The van der Waals surface area contributed by atoms with Gasteiger partial charge < -0.3 is 34.6 Å². The van der Waals surface area contributed by atoms with E-state index in [4.69, 9.17) is 14.2 Å². The smallest absolute Gasteiger partial charge is 0.332 e. The molecule has 1 heterocycles. The first-order chi connectivity index (χ1) is 16.8. The average Bonchev–Trinajstić information content (AvgIpc) is 3.20. The molecular weight excluding hydrogens is 468 g/mol. The predicted molar refractivity (Wildman–Crippen MR) is 128 cm³/mol. The van der Waals surface area contributed by atoms with E-state index in [9.17, 15) is 30.0 Å². The topological polar surface area (TPSA) is 143 Å². The Morgan fingerprint density at radius 1 is 1.17 bits per heavy atom. The minimum Gasteiger partial charge on any atom is -0.460 e. The maximum absolute atomic E-state index is 13.4. The summed E-state index contributed by atoms with van der Waals surface area (Å²) in [4.78, 5) is 26.5. The molecule has 4 N–H and O–H groups in total. The summed E-state index contributed by atoms with van der Waals surface area (Å²) in [6.45, 7) is 11.4. The number of ketones is 1. The van der Waals surface area contributed by atoms with Gasteiger partial charge >= 0.3 is 5.97 Å². The largest absolute Gasteiger partial charge is 0.460 e. The van der Waals surface area contributed by atoms with Crippen molar-refractivity contribution in [1.82, 2.24) is 0 Å². The second kappa shape index (κ2) is 9.75. The highest BCUT2D eigenvalue weighted by molar-refractivity contribution is 5.85. The van der Waals surface area contributed by atoms with Crippen LogP contribution in [0.15, 0.2) is 12.7 Å². The molecule has 36 heavy (non-hydrogen) atoms. The Morgan fingerprint density at radius 3 is 2.53 bits per heavy atom. The van der Waals surface area contributed by atoms with Gasteiger partial charge in [-0.25, -0.2) is 4.79 Å². The van der Waals surface area contributed by atoms with Gasteiger partial charge in [-0.3, -0.25) is 4.79 Å². The lowest BCUT2D eigenvalue weighted by Gasteiger charge is -2.61. The summed E-state index contributed by atoms with van der Waals surface area (Å²) in [5, 5.41) is 41.1. The van der Waals surface area contributed by atoms with Gasteiger partial charge in [0.2, 0.25) is 0 Å². The maximum Gasteiger partial charge on any atom is 0.332 e. The number of hydrogen-bond acceptors (Lipinski definition) is 9. The van der Waals surface area contributed by atoms with Gasteiger partial charge in [-0.05, 0) is 42.9 Å². The van der Waals surface area contributed by atoms with E-state index in [1.54, 1.807) is 6.08 Å². The normalized spacial score (nSPS) is 51.1. The van der Waals surface area contributed by atoms with Crippen molar-refractivity contribution in [3.8, 4) is 0 Å². The van der Waals surface area contributed by atoms with Crippen LogP contribution in [0, 0.1) is 34.0 Å². The molecule has 3 saturated carbocycles. The second-order valence-electron chi connectivity index (χ2n) is 12.1. The molecule has 0 aromatic heterocycles. The lowest BCUT2D eigenvalue weighted by molar-refractivity contribution is -0.271. The Morgan fingerprint density at radius 2 is 1.86 bits per heavy atom. The zero-order valence-corrected chi connectivity index (χ0v) is 21.8. The molecule has 0 aromatic carbocycles. The molecule has 0 aromatic rings. The molecule has 12 unspecified atom stereocenters. The van der Waals surface area contributed by atoms with Crippen molar-refractivity contribution in [2.45, 2.75) is 96.6 Å². The first-order valence-electron chi connectivity index (χ1n) is 13.1. The highest BCUT2D eigenvalue weighted by Gasteiger charge is 2.68. The molecule has 4 fully saturated rings. The fourth-order valence-electron chi connectivity index (χ4n) is 7.77. The summed E-state index contributed by atoms with van der Waals surface area (Å²) in [6, 6.07) is 0. The molecule has 0 radical (unpaired) electrons. The number of Topliss-reactive ketones (excluding diaryl/α,β-unsaturated/α-hetero) is 1. The molecule has 0 spiro atoms. The van der Waals surface area contributed by atoms with Crippen LogP contribution >= 0.6 is 0 Å². The van der Waals surface area contributed by atoms with Crippen LogP contribution in [0.1, 0.15) is 59.8 Å². The molecule has 4 aliphatic rings. The van der Waals surface area contributed by atoms with Crippen LogP contribution in [0.3, 0.4) is 0 Å². The molecule has 1 saturated heterocycles. The van der Waals surface area contributed by atoms with Crippen LogP contribution in [0.2, 0.25) is 0 Å². The second-order valence-corrected chi connectivity index (χ2v) is 12.1. The molecule has 2 bridgehead atoms. The van der Waals surface area contributed by atoms with Gasteiger partial charge in [-0.1, -0.05) is 33.8 Å². The Bertz CT molecular complexity index is 877. The van der Waals surface area contributed by atoms with Crippen LogP contribution in [-0.2, 0) is 23.8 Å². The van der Waals surface area contributed by atoms with Crippen molar-refractivity contribution in [2.75, 3.05) is 13.2 Å². The van der Waals surface area contributed by atoms with Gasteiger partial charge in [-0.15, -0.1) is 6.58 Å². The lowest BCUT2D eigenvalue weighted by atomic mass is 9.44. The van der Waals surface area contributed by atoms with E-state index in [1.165, 1.54) is 0 Å². The fourth-order valence-corrected chi connectivity index (χ4v) is 7.77. The molecule has 9 nitrogen and oxygen atoms in total. The highest BCUT2D eigenvalue weighted by atomic mass is 16.7. The van der Waals surface area contributed by atoms with Crippen molar-refractivity contribution in [1.29, 1.82) is 0 Å². The molecule has 0 amide bonds. The minimum absolute atomic E-state index is 0.105. The molecule has 12 atom stereocenters. The Balaban J connectivity index is 1.61. The van der Waals surface area contributed by atoms with Gasteiger partial charge in [0.05, 0.1) is 12.7 Å². The first kappa shape index (κ1) is 27.7. The Kier molecular flexibility index (Phi) is 7.49. The number of carbonyl (C=O) groups is 2. The van der Waals surface area contributed by atoms with Crippen LogP contribution in [0.4, 0.5) is 0 Å². The van der Waals surface area contributed by atoms with E-state index in [0.29, 0.717) is 12.8 Å². The van der Waals surface area contributed by atoms with Gasteiger partial charge in [0.1, 0.15) is 36.8 Å². The monoisotopic (exact) mass is 510 g/mol. The van der Waals surface area contributed by atoms with E-state index in [2.05, 4.69) is 27.4 Å². The van der Waals surface area contributed by atoms with Gasteiger partial charge in [0.25, 0.3) is 0 Å². The summed E-state index contributed by atoms with van der Waals surface area (Å²) >= 11 is 0. The quantitative estimate of drug-likeness (QED) is 0.318. The number of aliphatic hydroxyl groups is 4. The maximum atomic E-state index is 13.4. The molecule has 1 aliphatic heterocycles. The van der Waals surface area contributed by atoms with Crippen LogP contribution in [0.5, 0.6) is 0 Å². The number of rotatable bonds is 5. The average molecular weight is 511 g/mol. The lowest BCUT2D eigenvalue weighted by Crippen LogP contribution is -2.63. The third kappa shape index (κ3) is 4.16. The van der Waals surface area contributed by atoms with Crippen molar-refractivity contribution in [3.63, 3.8) is 0 Å². The van der Waals surface area contributed by atoms with Gasteiger partial charge in [0, 0.05) is 23.2 Å². The summed E-state index contributed by atoms with van der Waals surface area (Å²) in [5.41, 5.74) is -1.74. The van der Waals surface area contributed by atoms with Crippen molar-refractivity contribution >= 4 is 11.8 Å². The van der Waals surface area contributed by atoms with Gasteiger partial charge in [0.15, 0.2) is 6.29 Å². The van der Waals surface area contributed by atoms with Gasteiger partial charge in [-0.2, -0.15) is 0 Å². The van der Waals surface area contributed by atoms with Crippen LogP contribution in [0.25, 0.3) is 0 Å². The van der Waals surface area contributed by atoms with Crippen molar-refractivity contribution in [2.24, 2.45) is 34.0 Å². The standard InChI is InChI=1S/C27H42O9/c1-6-25(4)11-18(36-19(30)13-35-24-21(32)20(31)17(29)12-34-24)26(5)14(2)7-9-27(15(3)23(25)33)10-8-16(28)22(26)27/h6,14-15,17-18,20-24,29,31-33H,1,7-13H2,2-5H3. The SMILES string of the molecule is C=CC1(C)CC(OC(=O)COC2OCC(O)C(O)C2O)C2(C)C(C)CCC3(CCC(=O)C32)C(C)C1O. The first-order valence-corrected chi connectivity index (χ1v) is 13.1. The highest BCUT2D eigenvalue weighted by Crippen LogP contribution is 2.68. The molecule has 4 rings (SSSR count). The Labute approximate surface area is 212 Å². The van der Waals surface area contributed by atoms with E-state index in [0.717, 1.165) is 19.3 Å². The number of esters is 1. The summed E-state index contributed by atoms with van der Waals surface area (Å²) in [5.74, 6) is -0.856.